The average Bonchev–Trinajstić information content (AvgIpc) is 2.58. The summed E-state index contributed by atoms with van der Waals surface area (Å²) in [5, 5.41) is 29.9. The summed E-state index contributed by atoms with van der Waals surface area (Å²) >= 11 is 0.922. The first-order chi connectivity index (χ1) is 11.5. The van der Waals surface area contributed by atoms with E-state index in [9.17, 15) is 20.1 Å². The SMILES string of the molecule is CC(=O)SCC(O)C(O)c1ccc(OCc2ccccc2)cc1O. The lowest BCUT2D eigenvalue weighted by Crippen LogP contribution is -2.21. The van der Waals surface area contributed by atoms with Crippen LogP contribution in [-0.4, -0.2) is 32.3 Å². The van der Waals surface area contributed by atoms with E-state index in [1.165, 1.54) is 19.1 Å². The van der Waals surface area contributed by atoms with E-state index in [0.717, 1.165) is 17.3 Å². The Hall–Kier alpha value is -2.02. The Morgan fingerprint density at radius 1 is 1.17 bits per heavy atom. The number of benzene rings is 2. The number of hydrogen-bond acceptors (Lipinski definition) is 6. The first kappa shape index (κ1) is 18.3. The number of aliphatic hydroxyl groups is 2. The van der Waals surface area contributed by atoms with Crippen molar-refractivity contribution in [3.05, 3.63) is 59.7 Å². The zero-order chi connectivity index (χ0) is 17.5. The van der Waals surface area contributed by atoms with Crippen LogP contribution in [0.1, 0.15) is 24.2 Å². The van der Waals surface area contributed by atoms with Crippen LogP contribution in [0.25, 0.3) is 0 Å². The molecule has 128 valence electrons. The Kier molecular flexibility index (Phi) is 6.66. The molecule has 3 N–H and O–H groups in total. The average molecular weight is 348 g/mol. The first-order valence-electron chi connectivity index (χ1n) is 7.46. The third-order valence-electron chi connectivity index (χ3n) is 3.39. The van der Waals surface area contributed by atoms with Crippen molar-refractivity contribution in [2.75, 3.05) is 5.75 Å². The van der Waals surface area contributed by atoms with Gasteiger partial charge in [0.05, 0.1) is 6.10 Å². The van der Waals surface area contributed by atoms with Crippen LogP contribution in [0, 0.1) is 0 Å². The van der Waals surface area contributed by atoms with E-state index in [4.69, 9.17) is 4.74 Å². The monoisotopic (exact) mass is 348 g/mol. The number of rotatable bonds is 7. The molecule has 0 bridgehead atoms. The molecule has 0 aliphatic heterocycles. The smallest absolute Gasteiger partial charge is 0.185 e. The number of carbonyl (C=O) groups is 1. The van der Waals surface area contributed by atoms with Gasteiger partial charge in [0.25, 0.3) is 0 Å². The maximum atomic E-state index is 10.9. The van der Waals surface area contributed by atoms with Crippen molar-refractivity contribution >= 4 is 16.9 Å². The molecule has 0 spiro atoms. The van der Waals surface area contributed by atoms with Gasteiger partial charge in [-0.1, -0.05) is 42.1 Å². The van der Waals surface area contributed by atoms with Crippen LogP contribution in [0.3, 0.4) is 0 Å². The van der Waals surface area contributed by atoms with Gasteiger partial charge >= 0.3 is 0 Å². The molecule has 24 heavy (non-hydrogen) atoms. The van der Waals surface area contributed by atoms with Crippen LogP contribution < -0.4 is 4.74 Å². The van der Waals surface area contributed by atoms with Gasteiger partial charge in [-0.2, -0.15) is 0 Å². The number of thioether (sulfide) groups is 1. The predicted molar refractivity (Wildman–Crippen MR) is 93.0 cm³/mol. The quantitative estimate of drug-likeness (QED) is 0.713. The second-order valence-corrected chi connectivity index (χ2v) is 6.51. The van der Waals surface area contributed by atoms with E-state index >= 15 is 0 Å². The molecule has 2 aromatic rings. The third kappa shape index (κ3) is 5.26. The molecule has 2 unspecified atom stereocenters. The standard InChI is InChI=1S/C18H20O5S/c1-12(19)24-11-17(21)18(22)15-8-7-14(9-16(15)20)23-10-13-5-3-2-4-6-13/h2-9,17-18,20-22H,10-11H2,1H3. The summed E-state index contributed by atoms with van der Waals surface area (Å²) in [7, 11) is 0. The highest BCUT2D eigenvalue weighted by molar-refractivity contribution is 8.13. The largest absolute Gasteiger partial charge is 0.507 e. The van der Waals surface area contributed by atoms with Crippen LogP contribution in [0.4, 0.5) is 0 Å². The minimum atomic E-state index is -1.28. The fourth-order valence-electron chi connectivity index (χ4n) is 2.11. The molecule has 2 aromatic carbocycles. The molecule has 0 aliphatic rings. The fraction of sp³-hybridized carbons (Fsp3) is 0.278. The maximum Gasteiger partial charge on any atom is 0.185 e. The molecule has 0 aliphatic carbocycles. The first-order valence-corrected chi connectivity index (χ1v) is 8.45. The Labute approximate surface area is 144 Å². The van der Waals surface area contributed by atoms with Crippen molar-refractivity contribution < 1.29 is 24.9 Å². The van der Waals surface area contributed by atoms with Gasteiger partial charge < -0.3 is 20.1 Å². The number of phenolic OH excluding ortho intramolecular Hbond substituents is 1. The molecule has 0 amide bonds. The summed E-state index contributed by atoms with van der Waals surface area (Å²) < 4.78 is 5.59. The highest BCUT2D eigenvalue weighted by Crippen LogP contribution is 2.31. The molecule has 5 nitrogen and oxygen atoms in total. The van der Waals surface area contributed by atoms with E-state index in [1.54, 1.807) is 6.07 Å². The third-order valence-corrected chi connectivity index (χ3v) is 4.31. The van der Waals surface area contributed by atoms with E-state index < -0.39 is 12.2 Å². The summed E-state index contributed by atoms with van der Waals surface area (Å²) in [6, 6.07) is 14.1. The van der Waals surface area contributed by atoms with Crippen LogP contribution in [0.5, 0.6) is 11.5 Å². The number of carbonyl (C=O) groups excluding carboxylic acids is 1. The minimum Gasteiger partial charge on any atom is -0.507 e. The Bertz CT molecular complexity index is 674. The highest BCUT2D eigenvalue weighted by atomic mass is 32.2. The lowest BCUT2D eigenvalue weighted by Gasteiger charge is -2.19. The summed E-state index contributed by atoms with van der Waals surface area (Å²) in [4.78, 5) is 10.9. The van der Waals surface area contributed by atoms with Gasteiger partial charge in [0.2, 0.25) is 0 Å². The lowest BCUT2D eigenvalue weighted by molar-refractivity contribution is -0.109. The number of aromatic hydroxyl groups is 1. The summed E-state index contributed by atoms with van der Waals surface area (Å²) in [5.41, 5.74) is 1.19. The van der Waals surface area contributed by atoms with Crippen molar-refractivity contribution in [1.29, 1.82) is 0 Å². The summed E-state index contributed by atoms with van der Waals surface area (Å²) in [6.07, 6.45) is -2.43. The van der Waals surface area contributed by atoms with Crippen molar-refractivity contribution in [3.63, 3.8) is 0 Å². The zero-order valence-electron chi connectivity index (χ0n) is 13.3. The highest BCUT2D eigenvalue weighted by Gasteiger charge is 2.22. The zero-order valence-corrected chi connectivity index (χ0v) is 14.1. The van der Waals surface area contributed by atoms with Gasteiger partial charge in [-0.05, 0) is 17.7 Å². The van der Waals surface area contributed by atoms with E-state index in [2.05, 4.69) is 0 Å². The van der Waals surface area contributed by atoms with Crippen LogP contribution >= 0.6 is 11.8 Å². The van der Waals surface area contributed by atoms with Gasteiger partial charge in [0, 0.05) is 24.3 Å². The van der Waals surface area contributed by atoms with Gasteiger partial charge in [0.1, 0.15) is 24.2 Å². The van der Waals surface area contributed by atoms with Gasteiger partial charge in [-0.15, -0.1) is 0 Å². The molecule has 0 aromatic heterocycles. The van der Waals surface area contributed by atoms with E-state index in [1.807, 2.05) is 30.3 Å². The van der Waals surface area contributed by atoms with Gasteiger partial charge in [-0.25, -0.2) is 0 Å². The Morgan fingerprint density at radius 3 is 2.50 bits per heavy atom. The number of ether oxygens (including phenoxy) is 1. The molecule has 0 saturated heterocycles. The topological polar surface area (TPSA) is 87.0 Å². The minimum absolute atomic E-state index is 0.0577. The van der Waals surface area contributed by atoms with Gasteiger partial charge in [-0.3, -0.25) is 4.79 Å². The van der Waals surface area contributed by atoms with Crippen LogP contribution in [0.15, 0.2) is 48.5 Å². The molecule has 0 fully saturated rings. The van der Waals surface area contributed by atoms with Crippen LogP contribution in [0.2, 0.25) is 0 Å². The van der Waals surface area contributed by atoms with E-state index in [0.29, 0.717) is 12.4 Å². The molecule has 2 rings (SSSR count). The molecule has 0 saturated carbocycles. The second kappa shape index (κ2) is 8.73. The second-order valence-electron chi connectivity index (χ2n) is 5.31. The van der Waals surface area contributed by atoms with Crippen molar-refractivity contribution in [3.8, 4) is 11.5 Å². The summed E-state index contributed by atoms with van der Waals surface area (Å²) in [6.45, 7) is 1.75. The summed E-state index contributed by atoms with van der Waals surface area (Å²) in [5.74, 6) is 0.349. The van der Waals surface area contributed by atoms with E-state index in [-0.39, 0.29) is 22.2 Å². The number of aliphatic hydroxyl groups excluding tert-OH is 2. The Morgan fingerprint density at radius 2 is 1.88 bits per heavy atom. The molecule has 0 heterocycles. The fourth-order valence-corrected chi connectivity index (χ4v) is 2.69. The predicted octanol–water partition coefficient (Wildman–Crippen LogP) is 2.65. The molecular weight excluding hydrogens is 328 g/mol. The van der Waals surface area contributed by atoms with Crippen molar-refractivity contribution in [2.45, 2.75) is 25.7 Å². The van der Waals surface area contributed by atoms with Crippen molar-refractivity contribution in [2.24, 2.45) is 0 Å². The number of phenols is 1. The lowest BCUT2D eigenvalue weighted by atomic mass is 10.0. The van der Waals surface area contributed by atoms with Crippen molar-refractivity contribution in [1.82, 2.24) is 0 Å². The molecule has 2 atom stereocenters. The maximum absolute atomic E-state index is 10.9. The molecular formula is C18H20O5S. The van der Waals surface area contributed by atoms with Gasteiger partial charge in [0.15, 0.2) is 5.12 Å². The van der Waals surface area contributed by atoms with Crippen LogP contribution in [-0.2, 0) is 11.4 Å². The molecule has 0 radical (unpaired) electrons. The number of hydrogen-bond donors (Lipinski definition) is 3. The Balaban J connectivity index is 1.99. The molecule has 6 heteroatoms. The normalized spacial score (nSPS) is 13.3.